The van der Waals surface area contributed by atoms with E-state index in [0.29, 0.717) is 24.6 Å². The van der Waals surface area contributed by atoms with Gasteiger partial charge in [-0.3, -0.25) is 4.72 Å². The second-order valence-electron chi connectivity index (χ2n) is 6.79. The number of sulfonamides is 1. The van der Waals surface area contributed by atoms with Gasteiger partial charge in [-0.15, -0.1) is 6.58 Å². The van der Waals surface area contributed by atoms with E-state index in [9.17, 15) is 13.2 Å². The Kier molecular flexibility index (Phi) is 7.23. The first-order valence-corrected chi connectivity index (χ1v) is 10.5. The maximum absolute atomic E-state index is 12.5. The predicted octanol–water partition coefficient (Wildman–Crippen LogP) is 4.32. The zero-order valence-electron chi connectivity index (χ0n) is 16.1. The fourth-order valence-corrected chi connectivity index (χ4v) is 3.73. The Morgan fingerprint density at radius 1 is 1.14 bits per heavy atom. The molecule has 6 nitrogen and oxygen atoms in total. The lowest BCUT2D eigenvalue weighted by atomic mass is 10.0. The maximum Gasteiger partial charge on any atom is 0.407 e. The van der Waals surface area contributed by atoms with E-state index in [-0.39, 0.29) is 11.4 Å². The predicted molar refractivity (Wildman–Crippen MR) is 111 cm³/mol. The van der Waals surface area contributed by atoms with Crippen LogP contribution in [0.4, 0.5) is 10.5 Å². The van der Waals surface area contributed by atoms with E-state index in [0.717, 1.165) is 11.1 Å². The molecule has 7 heteroatoms. The minimum Gasteiger partial charge on any atom is -0.465 e. The molecule has 0 saturated carbocycles. The van der Waals surface area contributed by atoms with Gasteiger partial charge in [-0.05, 0) is 47.7 Å². The van der Waals surface area contributed by atoms with Crippen molar-refractivity contribution in [3.8, 4) is 0 Å². The third-order valence-corrected chi connectivity index (χ3v) is 5.75. The molecule has 0 aromatic heterocycles. The lowest BCUT2D eigenvalue weighted by Crippen LogP contribution is -2.31. The number of anilines is 1. The summed E-state index contributed by atoms with van der Waals surface area (Å²) in [6, 6.07) is 13.8. The summed E-state index contributed by atoms with van der Waals surface area (Å²) in [5.74, 6) is 0.334. The Morgan fingerprint density at radius 2 is 1.75 bits per heavy atom. The Morgan fingerprint density at radius 3 is 2.25 bits per heavy atom. The van der Waals surface area contributed by atoms with Crippen LogP contribution in [-0.2, 0) is 16.4 Å². The first kappa shape index (κ1) is 21.5. The van der Waals surface area contributed by atoms with E-state index in [1.807, 2.05) is 12.1 Å². The van der Waals surface area contributed by atoms with Crippen LogP contribution in [0.3, 0.4) is 0 Å². The van der Waals surface area contributed by atoms with E-state index in [4.69, 9.17) is 5.11 Å². The van der Waals surface area contributed by atoms with Gasteiger partial charge < -0.3 is 10.0 Å². The first-order chi connectivity index (χ1) is 13.2. The Bertz CT molecular complexity index is 904. The van der Waals surface area contributed by atoms with Crippen molar-refractivity contribution >= 4 is 21.8 Å². The molecule has 0 fully saturated rings. The Balaban J connectivity index is 2.02. The van der Waals surface area contributed by atoms with Gasteiger partial charge in [-0.1, -0.05) is 44.2 Å². The molecule has 2 aromatic carbocycles. The van der Waals surface area contributed by atoms with Gasteiger partial charge in [-0.2, -0.15) is 0 Å². The van der Waals surface area contributed by atoms with Gasteiger partial charge in [0.25, 0.3) is 10.0 Å². The number of carboxylic acid groups (broad SMARTS) is 1. The lowest BCUT2D eigenvalue weighted by Gasteiger charge is -2.17. The Hall–Kier alpha value is -2.80. The number of carbonyl (C=O) groups is 1. The van der Waals surface area contributed by atoms with E-state index in [2.05, 4.69) is 25.1 Å². The van der Waals surface area contributed by atoms with Gasteiger partial charge >= 0.3 is 6.09 Å². The highest BCUT2D eigenvalue weighted by atomic mass is 32.2. The summed E-state index contributed by atoms with van der Waals surface area (Å²) in [7, 11) is -3.66. The number of nitrogens with zero attached hydrogens (tertiary/aromatic N) is 1. The molecule has 0 spiro atoms. The molecule has 0 aliphatic rings. The largest absolute Gasteiger partial charge is 0.465 e. The van der Waals surface area contributed by atoms with E-state index in [1.54, 1.807) is 42.5 Å². The highest BCUT2D eigenvalue weighted by molar-refractivity contribution is 7.92. The van der Waals surface area contributed by atoms with Crippen molar-refractivity contribution in [3.05, 3.63) is 72.3 Å². The highest BCUT2D eigenvalue weighted by Gasteiger charge is 2.15. The molecular weight excluding hydrogens is 376 g/mol. The molecule has 0 saturated heterocycles. The molecule has 0 heterocycles. The van der Waals surface area contributed by atoms with Crippen molar-refractivity contribution in [2.45, 2.75) is 31.1 Å². The molecule has 2 N–H and O–H groups in total. The SMILES string of the molecule is C=CCN(CCc1ccc(NS(=O)(=O)c2ccc(C(C)C)cc2)cc1)C(=O)O. The number of amides is 1. The third kappa shape index (κ3) is 5.85. The summed E-state index contributed by atoms with van der Waals surface area (Å²) in [4.78, 5) is 12.6. The van der Waals surface area contributed by atoms with Crippen LogP contribution >= 0.6 is 0 Å². The summed E-state index contributed by atoms with van der Waals surface area (Å²) >= 11 is 0. The molecule has 28 heavy (non-hydrogen) atoms. The molecule has 0 atom stereocenters. The van der Waals surface area contributed by atoms with Gasteiger partial charge in [0, 0.05) is 18.8 Å². The summed E-state index contributed by atoms with van der Waals surface area (Å²) in [5.41, 5.74) is 2.45. The van der Waals surface area contributed by atoms with E-state index < -0.39 is 16.1 Å². The molecule has 150 valence electrons. The van der Waals surface area contributed by atoms with Crippen LogP contribution in [0.25, 0.3) is 0 Å². The van der Waals surface area contributed by atoms with Crippen LogP contribution in [0.5, 0.6) is 0 Å². The molecule has 2 rings (SSSR count). The molecular formula is C21H26N2O4S. The fourth-order valence-electron chi connectivity index (χ4n) is 2.67. The summed E-state index contributed by atoms with van der Waals surface area (Å²) in [6.07, 6.45) is 1.08. The summed E-state index contributed by atoms with van der Waals surface area (Å²) in [6.45, 7) is 8.26. The fraction of sp³-hybridized carbons (Fsp3) is 0.286. The number of rotatable bonds is 9. The van der Waals surface area contributed by atoms with Crippen molar-refractivity contribution in [2.75, 3.05) is 17.8 Å². The zero-order chi connectivity index (χ0) is 20.7. The quantitative estimate of drug-likeness (QED) is 0.612. The molecule has 0 bridgehead atoms. The molecule has 0 aliphatic carbocycles. The third-order valence-electron chi connectivity index (χ3n) is 4.35. The van der Waals surface area contributed by atoms with Crippen LogP contribution in [-0.4, -0.2) is 37.6 Å². The molecule has 0 unspecified atom stereocenters. The summed E-state index contributed by atoms with van der Waals surface area (Å²) in [5, 5.41) is 9.11. The van der Waals surface area contributed by atoms with Crippen LogP contribution in [0.15, 0.2) is 66.1 Å². The monoisotopic (exact) mass is 402 g/mol. The average Bonchev–Trinajstić information content (AvgIpc) is 2.66. The van der Waals surface area contributed by atoms with Crippen LogP contribution in [0, 0.1) is 0 Å². The van der Waals surface area contributed by atoms with Crippen LogP contribution < -0.4 is 4.72 Å². The Labute approximate surface area is 166 Å². The molecule has 0 radical (unpaired) electrons. The van der Waals surface area contributed by atoms with Crippen molar-refractivity contribution in [1.29, 1.82) is 0 Å². The number of hydrogen-bond donors (Lipinski definition) is 2. The topological polar surface area (TPSA) is 86.7 Å². The number of hydrogen-bond acceptors (Lipinski definition) is 3. The number of benzene rings is 2. The minimum absolute atomic E-state index is 0.211. The van der Waals surface area contributed by atoms with Crippen molar-refractivity contribution in [2.24, 2.45) is 0 Å². The lowest BCUT2D eigenvalue weighted by molar-refractivity contribution is 0.151. The van der Waals surface area contributed by atoms with E-state index >= 15 is 0 Å². The van der Waals surface area contributed by atoms with Gasteiger partial charge in [0.2, 0.25) is 0 Å². The van der Waals surface area contributed by atoms with Gasteiger partial charge in [0.1, 0.15) is 0 Å². The van der Waals surface area contributed by atoms with Gasteiger partial charge in [-0.25, -0.2) is 13.2 Å². The number of nitrogens with one attached hydrogen (secondary N) is 1. The highest BCUT2D eigenvalue weighted by Crippen LogP contribution is 2.20. The van der Waals surface area contributed by atoms with Gasteiger partial charge in [0.05, 0.1) is 4.90 Å². The molecule has 1 amide bonds. The standard InChI is InChI=1S/C21H26N2O4S/c1-4-14-23(21(24)25)15-13-17-5-9-19(10-6-17)22-28(26,27)20-11-7-18(8-12-20)16(2)3/h4-12,16,22H,1,13-15H2,2-3H3,(H,24,25). The van der Waals surface area contributed by atoms with Crippen LogP contribution in [0.2, 0.25) is 0 Å². The van der Waals surface area contributed by atoms with Crippen LogP contribution in [0.1, 0.15) is 30.9 Å². The zero-order valence-corrected chi connectivity index (χ0v) is 16.9. The second kappa shape index (κ2) is 9.41. The van der Waals surface area contributed by atoms with Crippen molar-refractivity contribution in [1.82, 2.24) is 4.90 Å². The minimum atomic E-state index is -3.66. The molecule has 2 aromatic rings. The van der Waals surface area contributed by atoms with E-state index in [1.165, 1.54) is 4.90 Å². The first-order valence-electron chi connectivity index (χ1n) is 9.03. The van der Waals surface area contributed by atoms with Crippen molar-refractivity contribution < 1.29 is 18.3 Å². The average molecular weight is 403 g/mol. The smallest absolute Gasteiger partial charge is 0.407 e. The molecule has 0 aliphatic heterocycles. The normalized spacial score (nSPS) is 11.2. The van der Waals surface area contributed by atoms with Gasteiger partial charge in [0.15, 0.2) is 0 Å². The van der Waals surface area contributed by atoms with Crippen molar-refractivity contribution in [3.63, 3.8) is 0 Å². The second-order valence-corrected chi connectivity index (χ2v) is 8.48. The summed E-state index contributed by atoms with van der Waals surface area (Å²) < 4.78 is 27.6. The maximum atomic E-state index is 12.5.